The van der Waals surface area contributed by atoms with Crippen LogP contribution in [0.15, 0.2) is 29.8 Å². The highest BCUT2D eigenvalue weighted by atomic mass is 32.1. The van der Waals surface area contributed by atoms with Crippen LogP contribution in [0, 0.1) is 5.92 Å². The minimum absolute atomic E-state index is 0.451. The SMILES string of the molecule is CCN(Cc1csc(-c2cn3c4c(cccc24)OC[C@H]3C2CCCCC2)n1)C(C)C. The summed E-state index contributed by atoms with van der Waals surface area (Å²) in [6.45, 7) is 9.51. The Bertz CT molecular complexity index is 1010. The molecule has 0 radical (unpaired) electrons. The first-order chi connectivity index (χ1) is 14.7. The third-order valence-corrected chi connectivity index (χ3v) is 7.98. The minimum atomic E-state index is 0.451. The normalized spacial score (nSPS) is 19.7. The molecule has 1 atom stereocenters. The van der Waals surface area contributed by atoms with Gasteiger partial charge in [-0.1, -0.05) is 38.3 Å². The van der Waals surface area contributed by atoms with Gasteiger partial charge in [0, 0.05) is 35.1 Å². The lowest BCUT2D eigenvalue weighted by Crippen LogP contribution is -2.30. The highest BCUT2D eigenvalue weighted by Gasteiger charge is 2.32. The molecule has 1 aliphatic heterocycles. The molecule has 1 aliphatic carbocycles. The summed E-state index contributed by atoms with van der Waals surface area (Å²) in [4.78, 5) is 7.52. The van der Waals surface area contributed by atoms with Crippen LogP contribution in [-0.4, -0.2) is 33.6 Å². The van der Waals surface area contributed by atoms with Gasteiger partial charge < -0.3 is 9.30 Å². The van der Waals surface area contributed by atoms with Crippen LogP contribution in [0.4, 0.5) is 0 Å². The van der Waals surface area contributed by atoms with E-state index in [1.54, 1.807) is 11.3 Å². The largest absolute Gasteiger partial charge is 0.489 e. The lowest BCUT2D eigenvalue weighted by Gasteiger charge is -2.34. The summed E-state index contributed by atoms with van der Waals surface area (Å²) in [5, 5.41) is 4.66. The molecule has 0 bridgehead atoms. The number of para-hydroxylation sites is 1. The van der Waals surface area contributed by atoms with Crippen molar-refractivity contribution in [3.63, 3.8) is 0 Å². The van der Waals surface area contributed by atoms with Crippen molar-refractivity contribution in [2.45, 2.75) is 71.5 Å². The fourth-order valence-corrected chi connectivity index (χ4v) is 6.17. The minimum Gasteiger partial charge on any atom is -0.489 e. The predicted molar refractivity (Wildman–Crippen MR) is 125 cm³/mol. The second kappa shape index (κ2) is 8.35. The van der Waals surface area contributed by atoms with Crippen LogP contribution in [-0.2, 0) is 6.54 Å². The van der Waals surface area contributed by atoms with Crippen molar-refractivity contribution < 1.29 is 4.74 Å². The second-order valence-corrected chi connectivity index (χ2v) is 10.0. The summed E-state index contributed by atoms with van der Waals surface area (Å²) in [7, 11) is 0. The molecule has 2 aromatic heterocycles. The highest BCUT2D eigenvalue weighted by molar-refractivity contribution is 7.13. The van der Waals surface area contributed by atoms with E-state index in [1.807, 2.05) is 0 Å². The van der Waals surface area contributed by atoms with Gasteiger partial charge in [-0.3, -0.25) is 4.90 Å². The summed E-state index contributed by atoms with van der Waals surface area (Å²) < 4.78 is 8.80. The van der Waals surface area contributed by atoms with Gasteiger partial charge in [0.05, 0.1) is 17.3 Å². The van der Waals surface area contributed by atoms with E-state index in [2.05, 4.69) is 60.0 Å². The van der Waals surface area contributed by atoms with E-state index in [9.17, 15) is 0 Å². The van der Waals surface area contributed by atoms with Crippen LogP contribution in [0.2, 0.25) is 0 Å². The van der Waals surface area contributed by atoms with Crippen LogP contribution in [0.3, 0.4) is 0 Å². The Morgan fingerprint density at radius 2 is 2.07 bits per heavy atom. The average molecular weight is 424 g/mol. The highest BCUT2D eigenvalue weighted by Crippen LogP contribution is 2.44. The molecule has 5 heteroatoms. The Morgan fingerprint density at radius 3 is 2.83 bits per heavy atom. The molecule has 0 N–H and O–H groups in total. The predicted octanol–water partition coefficient (Wildman–Crippen LogP) is 6.51. The summed E-state index contributed by atoms with van der Waals surface area (Å²) in [5.74, 6) is 1.76. The standard InChI is InChI=1S/C25H33N3OS/c1-4-27(17(2)3)13-19-16-30-25(26-19)21-14-28-22(18-9-6-5-7-10-18)15-29-23-12-8-11-20(21)24(23)28/h8,11-12,14,16-18,22H,4-7,9-10,13,15H2,1-3H3/t22-/m0/s1. The number of hydrogen-bond acceptors (Lipinski definition) is 4. The van der Waals surface area contributed by atoms with Crippen molar-refractivity contribution in [2.24, 2.45) is 5.92 Å². The van der Waals surface area contributed by atoms with E-state index >= 15 is 0 Å². The van der Waals surface area contributed by atoms with Crippen molar-refractivity contribution in [1.29, 1.82) is 0 Å². The molecule has 1 aromatic carbocycles. The first-order valence-corrected chi connectivity index (χ1v) is 12.5. The molecule has 5 rings (SSSR count). The number of aromatic nitrogens is 2. The summed E-state index contributed by atoms with van der Waals surface area (Å²) >= 11 is 1.78. The van der Waals surface area contributed by atoms with Crippen molar-refractivity contribution in [2.75, 3.05) is 13.2 Å². The molecule has 160 valence electrons. The van der Waals surface area contributed by atoms with Crippen molar-refractivity contribution in [3.8, 4) is 16.3 Å². The second-order valence-electron chi connectivity index (χ2n) is 9.18. The third-order valence-electron chi connectivity index (χ3n) is 7.06. The smallest absolute Gasteiger partial charge is 0.143 e. The van der Waals surface area contributed by atoms with Crippen molar-refractivity contribution in [3.05, 3.63) is 35.5 Å². The topological polar surface area (TPSA) is 30.3 Å². The molecular formula is C25H33N3OS. The van der Waals surface area contributed by atoms with E-state index in [-0.39, 0.29) is 0 Å². The Kier molecular flexibility index (Phi) is 5.59. The zero-order chi connectivity index (χ0) is 20.7. The first-order valence-electron chi connectivity index (χ1n) is 11.6. The van der Waals surface area contributed by atoms with Crippen LogP contribution in [0.5, 0.6) is 5.75 Å². The number of ether oxygens (including phenoxy) is 1. The number of hydrogen-bond donors (Lipinski definition) is 0. The van der Waals surface area contributed by atoms with Crippen LogP contribution >= 0.6 is 11.3 Å². The molecule has 0 unspecified atom stereocenters. The van der Waals surface area contributed by atoms with Gasteiger partial charge in [-0.15, -0.1) is 11.3 Å². The molecule has 3 aromatic rings. The van der Waals surface area contributed by atoms with Gasteiger partial charge in [0.2, 0.25) is 0 Å². The van der Waals surface area contributed by atoms with Gasteiger partial charge >= 0.3 is 0 Å². The van der Waals surface area contributed by atoms with E-state index in [0.717, 1.165) is 36.4 Å². The van der Waals surface area contributed by atoms with Crippen molar-refractivity contribution in [1.82, 2.24) is 14.5 Å². The van der Waals surface area contributed by atoms with Gasteiger partial charge in [-0.05, 0) is 45.2 Å². The van der Waals surface area contributed by atoms with Crippen LogP contribution in [0.25, 0.3) is 21.5 Å². The Hall–Kier alpha value is -1.85. The molecule has 30 heavy (non-hydrogen) atoms. The maximum Gasteiger partial charge on any atom is 0.143 e. The maximum absolute atomic E-state index is 6.26. The number of rotatable bonds is 6. The zero-order valence-corrected chi connectivity index (χ0v) is 19.3. The molecule has 3 heterocycles. The molecule has 1 saturated carbocycles. The Morgan fingerprint density at radius 1 is 1.23 bits per heavy atom. The molecular weight excluding hydrogens is 390 g/mol. The molecule has 4 nitrogen and oxygen atoms in total. The van der Waals surface area contributed by atoms with E-state index in [4.69, 9.17) is 9.72 Å². The molecule has 0 amide bonds. The summed E-state index contributed by atoms with van der Waals surface area (Å²) in [5.41, 5.74) is 3.71. The molecule has 1 fully saturated rings. The number of thiazole rings is 1. The first kappa shape index (κ1) is 20.1. The zero-order valence-electron chi connectivity index (χ0n) is 18.4. The fraction of sp³-hybridized carbons (Fsp3) is 0.560. The quantitative estimate of drug-likeness (QED) is 0.453. The summed E-state index contributed by atoms with van der Waals surface area (Å²) in [6.07, 6.45) is 9.14. The van der Waals surface area contributed by atoms with Gasteiger partial charge in [0.25, 0.3) is 0 Å². The lowest BCUT2D eigenvalue weighted by atomic mass is 9.83. The van der Waals surface area contributed by atoms with Gasteiger partial charge in [0.1, 0.15) is 17.4 Å². The van der Waals surface area contributed by atoms with Gasteiger partial charge in [0.15, 0.2) is 0 Å². The van der Waals surface area contributed by atoms with E-state index < -0.39 is 0 Å². The fourth-order valence-electron chi connectivity index (χ4n) is 5.34. The average Bonchev–Trinajstić information content (AvgIpc) is 3.39. The maximum atomic E-state index is 6.26. The molecule has 0 saturated heterocycles. The number of benzene rings is 1. The molecule has 2 aliphatic rings. The summed E-state index contributed by atoms with van der Waals surface area (Å²) in [6, 6.07) is 7.47. The van der Waals surface area contributed by atoms with Crippen LogP contribution < -0.4 is 4.74 Å². The Balaban J connectivity index is 1.52. The van der Waals surface area contributed by atoms with Crippen molar-refractivity contribution >= 4 is 22.2 Å². The van der Waals surface area contributed by atoms with E-state index in [0.29, 0.717) is 12.1 Å². The van der Waals surface area contributed by atoms with Gasteiger partial charge in [-0.2, -0.15) is 0 Å². The monoisotopic (exact) mass is 423 g/mol. The lowest BCUT2D eigenvalue weighted by molar-refractivity contribution is 0.158. The van der Waals surface area contributed by atoms with E-state index in [1.165, 1.54) is 54.3 Å². The third kappa shape index (κ3) is 3.56. The van der Waals surface area contributed by atoms with Crippen LogP contribution in [0.1, 0.15) is 64.6 Å². The Labute approximate surface area is 183 Å². The van der Waals surface area contributed by atoms with Gasteiger partial charge in [-0.25, -0.2) is 4.98 Å². The number of nitrogens with zero attached hydrogens (tertiary/aromatic N) is 3. The molecule has 0 spiro atoms.